The van der Waals surface area contributed by atoms with Crippen LogP contribution in [0.2, 0.25) is 0 Å². The summed E-state index contributed by atoms with van der Waals surface area (Å²) < 4.78 is -0.496. The van der Waals surface area contributed by atoms with Crippen LogP contribution in [-0.2, 0) is 0 Å². The average molecular weight is 383 g/mol. The van der Waals surface area contributed by atoms with Crippen molar-refractivity contribution >= 4 is 33.2 Å². The molecule has 1 heterocycles. The third kappa shape index (κ3) is 3.75. The monoisotopic (exact) mass is 383 g/mol. The summed E-state index contributed by atoms with van der Waals surface area (Å²) in [4.78, 5) is 15.8. The molecule has 1 aromatic heterocycles. The molecule has 8 nitrogen and oxygen atoms in total. The number of nitro benzene ring substituents is 1. The number of hydrogen-bond donors (Lipinski definition) is 0. The van der Waals surface area contributed by atoms with E-state index in [1.807, 2.05) is 26.0 Å². The topological polar surface area (TPSA) is 105 Å². The van der Waals surface area contributed by atoms with Gasteiger partial charge in [-0.2, -0.15) is 0 Å². The van der Waals surface area contributed by atoms with Crippen molar-refractivity contribution in [1.29, 1.82) is 0 Å². The first-order valence-corrected chi connectivity index (χ1v) is 9.06. The maximum Gasteiger partial charge on any atom is 0.280 e. The van der Waals surface area contributed by atoms with Crippen molar-refractivity contribution in [1.82, 2.24) is 4.98 Å². The largest absolute Gasteiger partial charge is 0.758 e. The van der Waals surface area contributed by atoms with E-state index in [1.54, 1.807) is 12.1 Å². The third-order valence-electron chi connectivity index (χ3n) is 4.81. The van der Waals surface area contributed by atoms with Crippen molar-refractivity contribution in [2.45, 2.75) is 20.3 Å². The second-order valence-corrected chi connectivity index (χ2v) is 7.57. The van der Waals surface area contributed by atoms with Crippen LogP contribution in [0.5, 0.6) is 0 Å². The Hall–Kier alpha value is -2.81. The van der Waals surface area contributed by atoms with Gasteiger partial charge >= 0.3 is 0 Å². The molecule has 0 saturated heterocycles. The van der Waals surface area contributed by atoms with Crippen molar-refractivity contribution < 1.29 is 9.57 Å². The summed E-state index contributed by atoms with van der Waals surface area (Å²) >= 11 is 0. The van der Waals surface area contributed by atoms with E-state index in [1.165, 1.54) is 20.2 Å². The van der Waals surface area contributed by atoms with Gasteiger partial charge in [0.2, 0.25) is 0 Å². The fourth-order valence-electron chi connectivity index (χ4n) is 3.43. The fourth-order valence-corrected chi connectivity index (χ4v) is 3.43. The first-order chi connectivity index (χ1) is 13.1. The summed E-state index contributed by atoms with van der Waals surface area (Å²) in [6.45, 7) is 4.06. The van der Waals surface area contributed by atoms with Gasteiger partial charge in [0.15, 0.2) is 0 Å². The highest BCUT2D eigenvalue weighted by Gasteiger charge is 2.22. The number of quaternary nitrogens is 1. The lowest BCUT2D eigenvalue weighted by atomic mass is 10.0. The molecule has 0 fully saturated rings. The highest BCUT2D eigenvalue weighted by molar-refractivity contribution is 6.13. The molecule has 0 saturated carbocycles. The molecule has 0 bridgehead atoms. The minimum absolute atomic E-state index is 0.0666. The molecule has 28 heavy (non-hydrogen) atoms. The standard InChI is InChI=1S/C20H23N4O4/c1-13-7-5-8-15-18(13)21-19-14(2)9-10-16(23(26)27)17(19)20(15)22(25)11-6-12-24(3,4)28/h5,7-10H,6,11-12H2,1-4H3/q-1. The number of hydrogen-bond acceptors (Lipinski definition) is 6. The van der Waals surface area contributed by atoms with Crippen molar-refractivity contribution in [2.24, 2.45) is 0 Å². The summed E-state index contributed by atoms with van der Waals surface area (Å²) in [5.41, 5.74) is 2.85. The number of non-ortho nitro benzene ring substituents is 1. The lowest BCUT2D eigenvalue weighted by Gasteiger charge is -2.37. The lowest BCUT2D eigenvalue weighted by Crippen LogP contribution is -2.35. The predicted molar refractivity (Wildman–Crippen MR) is 111 cm³/mol. The molecule has 3 aromatic rings. The zero-order chi connectivity index (χ0) is 20.6. The van der Waals surface area contributed by atoms with Crippen LogP contribution in [0.25, 0.3) is 21.8 Å². The van der Waals surface area contributed by atoms with Gasteiger partial charge in [0.05, 0.1) is 42.3 Å². The van der Waals surface area contributed by atoms with E-state index in [0.717, 1.165) is 16.2 Å². The van der Waals surface area contributed by atoms with E-state index in [0.29, 0.717) is 22.8 Å². The number of aryl methyl sites for hydroxylation is 2. The molecule has 3 rings (SSSR count). The quantitative estimate of drug-likeness (QED) is 0.274. The Balaban J connectivity index is 2.28. The molecule has 0 N–H and O–H groups in total. The van der Waals surface area contributed by atoms with E-state index >= 15 is 0 Å². The number of rotatable bonds is 6. The van der Waals surface area contributed by atoms with Crippen LogP contribution in [0.3, 0.4) is 0 Å². The number of para-hydroxylation sites is 1. The van der Waals surface area contributed by atoms with Gasteiger partial charge < -0.3 is 20.1 Å². The maximum atomic E-state index is 13.1. The molecule has 0 aliphatic carbocycles. The minimum Gasteiger partial charge on any atom is -0.758 e. The van der Waals surface area contributed by atoms with Crippen LogP contribution in [0.15, 0.2) is 30.3 Å². The van der Waals surface area contributed by atoms with Crippen LogP contribution >= 0.6 is 0 Å². The maximum absolute atomic E-state index is 13.1. The van der Waals surface area contributed by atoms with E-state index in [-0.39, 0.29) is 29.9 Å². The normalized spacial score (nSPS) is 11.9. The number of aromatic nitrogens is 1. The van der Waals surface area contributed by atoms with Crippen molar-refractivity contribution in [3.8, 4) is 0 Å². The molecule has 0 radical (unpaired) electrons. The second kappa shape index (κ2) is 7.31. The van der Waals surface area contributed by atoms with Crippen molar-refractivity contribution in [3.63, 3.8) is 0 Å². The Bertz CT molecular complexity index is 1060. The van der Waals surface area contributed by atoms with Crippen LogP contribution in [-0.4, -0.2) is 41.7 Å². The fraction of sp³-hybridized carbons (Fsp3) is 0.350. The molecule has 2 aromatic carbocycles. The summed E-state index contributed by atoms with van der Waals surface area (Å²) in [7, 11) is 3.04. The predicted octanol–water partition coefficient (Wildman–Crippen LogP) is 4.18. The van der Waals surface area contributed by atoms with Gasteiger partial charge in [-0.15, -0.1) is 0 Å². The van der Waals surface area contributed by atoms with Gasteiger partial charge in [-0.05, 0) is 25.0 Å². The molecule has 0 aliphatic heterocycles. The summed E-state index contributed by atoms with van der Waals surface area (Å²) in [6, 6.07) is 8.52. The van der Waals surface area contributed by atoms with Crippen LogP contribution < -0.4 is 5.06 Å². The zero-order valence-corrected chi connectivity index (χ0v) is 16.4. The summed E-state index contributed by atoms with van der Waals surface area (Å²) in [5, 5.41) is 38.2. The van der Waals surface area contributed by atoms with Gasteiger partial charge in [-0.1, -0.05) is 24.3 Å². The van der Waals surface area contributed by atoms with Crippen LogP contribution in [0.1, 0.15) is 17.5 Å². The molecular weight excluding hydrogens is 360 g/mol. The molecular formula is C20H23N4O4-. The van der Waals surface area contributed by atoms with Crippen LogP contribution in [0, 0.1) is 34.4 Å². The van der Waals surface area contributed by atoms with Crippen molar-refractivity contribution in [2.75, 3.05) is 32.2 Å². The zero-order valence-electron chi connectivity index (χ0n) is 16.4. The molecule has 0 aliphatic rings. The average Bonchev–Trinajstić information content (AvgIpc) is 2.59. The van der Waals surface area contributed by atoms with Gasteiger partial charge in [0.1, 0.15) is 5.39 Å². The molecule has 0 amide bonds. The van der Waals surface area contributed by atoms with E-state index in [2.05, 4.69) is 4.98 Å². The minimum atomic E-state index is -0.496. The number of nitro groups is 1. The smallest absolute Gasteiger partial charge is 0.280 e. The number of anilines is 1. The SMILES string of the molecule is Cc1cccc2c(N([O-])CCC[N+](C)(C)[O-])c3c([N+](=O)[O-])ccc(C)c3nc12. The first kappa shape index (κ1) is 19.9. The molecule has 8 heteroatoms. The highest BCUT2D eigenvalue weighted by atomic mass is 16.6. The molecule has 0 unspecified atom stereocenters. The van der Waals surface area contributed by atoms with Gasteiger partial charge in [0.25, 0.3) is 5.69 Å². The lowest BCUT2D eigenvalue weighted by molar-refractivity contribution is -0.840. The van der Waals surface area contributed by atoms with E-state index in [9.17, 15) is 20.5 Å². The number of nitrogens with zero attached hydrogens (tertiary/aromatic N) is 4. The Morgan fingerprint density at radius 2 is 1.79 bits per heavy atom. The van der Waals surface area contributed by atoms with Gasteiger partial charge in [-0.25, -0.2) is 4.98 Å². The molecule has 0 atom stereocenters. The first-order valence-electron chi connectivity index (χ1n) is 9.06. The number of hydroxylamine groups is 4. The Kier molecular flexibility index (Phi) is 5.20. The number of pyridine rings is 1. The third-order valence-corrected chi connectivity index (χ3v) is 4.81. The Morgan fingerprint density at radius 3 is 2.43 bits per heavy atom. The van der Waals surface area contributed by atoms with Crippen LogP contribution in [0.4, 0.5) is 11.4 Å². The molecule has 148 valence electrons. The summed E-state index contributed by atoms with van der Waals surface area (Å²) in [5.74, 6) is 0. The van der Waals surface area contributed by atoms with Gasteiger partial charge in [-0.3, -0.25) is 10.1 Å². The summed E-state index contributed by atoms with van der Waals surface area (Å²) in [6.07, 6.45) is 0.372. The highest BCUT2D eigenvalue weighted by Crippen LogP contribution is 2.40. The second-order valence-electron chi connectivity index (χ2n) is 7.57. The van der Waals surface area contributed by atoms with E-state index < -0.39 is 9.57 Å². The van der Waals surface area contributed by atoms with E-state index in [4.69, 9.17) is 0 Å². The van der Waals surface area contributed by atoms with Crippen molar-refractivity contribution in [3.05, 3.63) is 62.0 Å². The Morgan fingerprint density at radius 1 is 1.11 bits per heavy atom. The number of fused-ring (bicyclic) bond motifs is 2. The number of benzene rings is 2. The Labute approximate surface area is 162 Å². The van der Waals surface area contributed by atoms with Gasteiger partial charge in [0, 0.05) is 24.4 Å². The molecule has 0 spiro atoms.